The first kappa shape index (κ1) is 13.7. The molecule has 2 rings (SSSR count). The molecule has 0 aromatic carbocycles. The van der Waals surface area contributed by atoms with Crippen molar-refractivity contribution < 1.29 is 4.52 Å². The van der Waals surface area contributed by atoms with Gasteiger partial charge in [-0.15, -0.1) is 0 Å². The van der Waals surface area contributed by atoms with E-state index in [9.17, 15) is 0 Å². The lowest BCUT2D eigenvalue weighted by atomic mass is 10.2. The van der Waals surface area contributed by atoms with Crippen LogP contribution in [0.4, 0.5) is 0 Å². The van der Waals surface area contributed by atoms with Gasteiger partial charge in [0.2, 0.25) is 0 Å². The summed E-state index contributed by atoms with van der Waals surface area (Å²) in [6.07, 6.45) is 0.754. The smallest absolute Gasteiger partial charge is 0.251 e. The Morgan fingerprint density at radius 2 is 2.11 bits per heavy atom. The molecule has 0 aliphatic carbocycles. The van der Waals surface area contributed by atoms with Crippen molar-refractivity contribution in [3.8, 4) is 0 Å². The monoisotopic (exact) mass is 263 g/mol. The number of hydrogen-bond acceptors (Lipinski definition) is 5. The number of nitrogens with one attached hydrogen (secondary N) is 1. The quantitative estimate of drug-likeness (QED) is 0.888. The second-order valence-corrected chi connectivity index (χ2v) is 4.99. The number of aromatic nitrogens is 4. The van der Waals surface area contributed by atoms with Crippen molar-refractivity contribution in [1.29, 1.82) is 0 Å². The van der Waals surface area contributed by atoms with E-state index in [1.807, 2.05) is 38.6 Å². The molecule has 0 radical (unpaired) electrons. The van der Waals surface area contributed by atoms with Crippen LogP contribution in [0.1, 0.15) is 43.0 Å². The molecule has 6 heteroatoms. The zero-order valence-corrected chi connectivity index (χ0v) is 12.1. The van der Waals surface area contributed by atoms with Gasteiger partial charge in [0.25, 0.3) is 5.89 Å². The summed E-state index contributed by atoms with van der Waals surface area (Å²) in [7, 11) is 1.92. The zero-order chi connectivity index (χ0) is 14.0. The van der Waals surface area contributed by atoms with Crippen LogP contribution in [0.5, 0.6) is 0 Å². The van der Waals surface area contributed by atoms with E-state index in [2.05, 4.69) is 27.5 Å². The van der Waals surface area contributed by atoms with Crippen LogP contribution in [0.25, 0.3) is 0 Å². The van der Waals surface area contributed by atoms with Gasteiger partial charge < -0.3 is 9.84 Å². The summed E-state index contributed by atoms with van der Waals surface area (Å²) in [5.74, 6) is 1.33. The van der Waals surface area contributed by atoms with Crippen LogP contribution >= 0.6 is 0 Å². The summed E-state index contributed by atoms with van der Waals surface area (Å²) in [6, 6.07) is 2.32. The van der Waals surface area contributed by atoms with E-state index >= 15 is 0 Å². The van der Waals surface area contributed by atoms with E-state index in [-0.39, 0.29) is 6.04 Å². The van der Waals surface area contributed by atoms with Crippen molar-refractivity contribution in [2.45, 2.75) is 46.2 Å². The molecule has 19 heavy (non-hydrogen) atoms. The second-order valence-electron chi connectivity index (χ2n) is 4.99. The molecule has 2 unspecified atom stereocenters. The molecule has 104 valence electrons. The molecule has 2 heterocycles. The Balaban J connectivity index is 2.16. The lowest BCUT2D eigenvalue weighted by Gasteiger charge is -2.09. The maximum Gasteiger partial charge on any atom is 0.251 e. The highest BCUT2D eigenvalue weighted by Crippen LogP contribution is 2.18. The number of likely N-dealkylation sites (N-methyl/N-ethyl adjacent to an activating group) is 1. The van der Waals surface area contributed by atoms with Crippen LogP contribution in [-0.4, -0.2) is 33.0 Å². The van der Waals surface area contributed by atoms with Crippen LogP contribution in [-0.2, 0) is 6.42 Å². The van der Waals surface area contributed by atoms with Gasteiger partial charge in [0, 0.05) is 18.2 Å². The van der Waals surface area contributed by atoms with Gasteiger partial charge in [-0.05, 0) is 40.8 Å². The van der Waals surface area contributed by atoms with E-state index in [0.717, 1.165) is 23.6 Å². The maximum atomic E-state index is 5.34. The highest BCUT2D eigenvalue weighted by molar-refractivity contribution is 5.09. The number of hydrogen-bond donors (Lipinski definition) is 1. The molecule has 0 aliphatic heterocycles. The first-order chi connectivity index (χ1) is 9.01. The third-order valence-electron chi connectivity index (χ3n) is 3.23. The van der Waals surface area contributed by atoms with Crippen molar-refractivity contribution in [1.82, 2.24) is 25.2 Å². The maximum absolute atomic E-state index is 5.34. The molecule has 2 aromatic heterocycles. The van der Waals surface area contributed by atoms with Gasteiger partial charge in [0.1, 0.15) is 6.04 Å². The molecule has 0 bridgehead atoms. The topological polar surface area (TPSA) is 68.8 Å². The molecular formula is C13H21N5O. The first-order valence-corrected chi connectivity index (χ1v) is 6.53. The Labute approximate surface area is 113 Å². The Morgan fingerprint density at radius 1 is 1.37 bits per heavy atom. The Morgan fingerprint density at radius 3 is 2.68 bits per heavy atom. The Hall–Kier alpha value is -1.69. The predicted octanol–water partition coefficient (Wildman–Crippen LogP) is 1.64. The SMILES string of the molecule is CNC(C)Cc1noc(C(C)n2nc(C)cc2C)n1. The number of aryl methyl sites for hydroxylation is 2. The lowest BCUT2D eigenvalue weighted by molar-refractivity contribution is 0.330. The van der Waals surface area contributed by atoms with E-state index < -0.39 is 0 Å². The molecule has 0 saturated carbocycles. The molecule has 2 atom stereocenters. The van der Waals surface area contributed by atoms with Crippen LogP contribution < -0.4 is 5.32 Å². The van der Waals surface area contributed by atoms with Crippen LogP contribution in [0.3, 0.4) is 0 Å². The Bertz CT molecular complexity index is 545. The number of nitrogens with zero attached hydrogens (tertiary/aromatic N) is 4. The van der Waals surface area contributed by atoms with Gasteiger partial charge in [-0.2, -0.15) is 10.1 Å². The van der Waals surface area contributed by atoms with Gasteiger partial charge in [0.15, 0.2) is 5.82 Å². The van der Waals surface area contributed by atoms with Crippen molar-refractivity contribution in [2.24, 2.45) is 0 Å². The minimum atomic E-state index is -0.0418. The highest BCUT2D eigenvalue weighted by atomic mass is 16.5. The molecule has 1 N–H and O–H groups in total. The first-order valence-electron chi connectivity index (χ1n) is 6.53. The lowest BCUT2D eigenvalue weighted by Crippen LogP contribution is -2.24. The summed E-state index contributed by atoms with van der Waals surface area (Å²) in [4.78, 5) is 4.45. The molecule has 2 aromatic rings. The molecule has 0 aliphatic rings. The summed E-state index contributed by atoms with van der Waals surface area (Å²) in [5.41, 5.74) is 2.08. The van der Waals surface area contributed by atoms with Crippen LogP contribution in [0, 0.1) is 13.8 Å². The molecule has 0 amide bonds. The minimum Gasteiger partial charge on any atom is -0.337 e. The zero-order valence-electron chi connectivity index (χ0n) is 12.1. The average Bonchev–Trinajstić information content (AvgIpc) is 2.95. The standard InChI is InChI=1S/C13H21N5O/c1-8(14-5)7-12-15-13(19-17-12)11(4)18-10(3)6-9(2)16-18/h6,8,11,14H,7H2,1-5H3. The summed E-state index contributed by atoms with van der Waals surface area (Å²) >= 11 is 0. The van der Waals surface area contributed by atoms with Crippen molar-refractivity contribution in [2.75, 3.05) is 7.05 Å². The third-order valence-corrected chi connectivity index (χ3v) is 3.23. The van der Waals surface area contributed by atoms with E-state index in [0.29, 0.717) is 11.9 Å². The number of rotatable bonds is 5. The van der Waals surface area contributed by atoms with E-state index in [4.69, 9.17) is 4.52 Å². The van der Waals surface area contributed by atoms with Crippen molar-refractivity contribution >= 4 is 0 Å². The van der Waals surface area contributed by atoms with Gasteiger partial charge >= 0.3 is 0 Å². The fraction of sp³-hybridized carbons (Fsp3) is 0.615. The molecule has 0 fully saturated rings. The van der Waals surface area contributed by atoms with E-state index in [1.165, 1.54) is 0 Å². The van der Waals surface area contributed by atoms with Crippen LogP contribution in [0.15, 0.2) is 10.6 Å². The van der Waals surface area contributed by atoms with Crippen molar-refractivity contribution in [3.05, 3.63) is 29.2 Å². The summed E-state index contributed by atoms with van der Waals surface area (Å²) < 4.78 is 7.25. The Kier molecular flexibility index (Phi) is 3.99. The molecule has 0 saturated heterocycles. The second kappa shape index (κ2) is 5.52. The largest absolute Gasteiger partial charge is 0.337 e. The van der Waals surface area contributed by atoms with Crippen LogP contribution in [0.2, 0.25) is 0 Å². The fourth-order valence-corrected chi connectivity index (χ4v) is 2.04. The summed E-state index contributed by atoms with van der Waals surface area (Å²) in [5, 5.41) is 11.6. The predicted molar refractivity (Wildman–Crippen MR) is 72.0 cm³/mol. The van der Waals surface area contributed by atoms with E-state index in [1.54, 1.807) is 0 Å². The van der Waals surface area contributed by atoms with Gasteiger partial charge in [-0.1, -0.05) is 5.16 Å². The average molecular weight is 263 g/mol. The fourth-order valence-electron chi connectivity index (χ4n) is 2.04. The molecule has 0 spiro atoms. The molecular weight excluding hydrogens is 242 g/mol. The van der Waals surface area contributed by atoms with Gasteiger partial charge in [0.05, 0.1) is 5.69 Å². The van der Waals surface area contributed by atoms with Gasteiger partial charge in [-0.3, -0.25) is 4.68 Å². The minimum absolute atomic E-state index is 0.0418. The van der Waals surface area contributed by atoms with Crippen molar-refractivity contribution in [3.63, 3.8) is 0 Å². The highest BCUT2D eigenvalue weighted by Gasteiger charge is 2.19. The normalized spacial score (nSPS) is 14.6. The van der Waals surface area contributed by atoms with Gasteiger partial charge in [-0.25, -0.2) is 0 Å². The third kappa shape index (κ3) is 3.01. The molecule has 6 nitrogen and oxygen atoms in total. The summed E-state index contributed by atoms with van der Waals surface area (Å²) in [6.45, 7) is 8.10.